The van der Waals surface area contributed by atoms with Crippen LogP contribution in [0.5, 0.6) is 5.75 Å². The molecule has 0 saturated heterocycles. The number of amides is 2. The maximum atomic E-state index is 12.2. The van der Waals surface area contributed by atoms with Gasteiger partial charge in [0.2, 0.25) is 5.91 Å². The van der Waals surface area contributed by atoms with Crippen molar-refractivity contribution in [3.05, 3.63) is 76.2 Å². The second-order valence-corrected chi connectivity index (χ2v) is 6.08. The summed E-state index contributed by atoms with van der Waals surface area (Å²) in [7, 11) is 1.30. The van der Waals surface area contributed by atoms with Crippen molar-refractivity contribution in [3.8, 4) is 11.6 Å². The molecule has 0 saturated carbocycles. The molecule has 2 aromatic heterocycles. The molecule has 154 valence electrons. The van der Waals surface area contributed by atoms with Crippen molar-refractivity contribution in [3.63, 3.8) is 0 Å². The van der Waals surface area contributed by atoms with Crippen molar-refractivity contribution < 1.29 is 19.2 Å². The molecule has 3 rings (SSSR count). The summed E-state index contributed by atoms with van der Waals surface area (Å²) in [5, 5.41) is 20.3. The fourth-order valence-corrected chi connectivity index (χ4v) is 2.60. The summed E-state index contributed by atoms with van der Waals surface area (Å²) in [6, 6.07) is 9.11. The molecule has 30 heavy (non-hydrogen) atoms. The van der Waals surface area contributed by atoms with E-state index >= 15 is 0 Å². The van der Waals surface area contributed by atoms with E-state index in [1.165, 1.54) is 19.2 Å². The number of pyridine rings is 1. The van der Waals surface area contributed by atoms with Gasteiger partial charge < -0.3 is 15.4 Å². The number of benzene rings is 1. The van der Waals surface area contributed by atoms with Gasteiger partial charge in [0, 0.05) is 36.8 Å². The number of nitro benzene ring substituents is 1. The number of rotatable bonds is 8. The number of ether oxygens (including phenoxy) is 1. The number of nitro groups is 1. The minimum atomic E-state index is -0.644. The van der Waals surface area contributed by atoms with Crippen LogP contribution in [0.25, 0.3) is 5.82 Å². The van der Waals surface area contributed by atoms with Crippen molar-refractivity contribution >= 4 is 17.5 Å². The zero-order valence-electron chi connectivity index (χ0n) is 15.9. The summed E-state index contributed by atoms with van der Waals surface area (Å²) >= 11 is 0. The van der Waals surface area contributed by atoms with Gasteiger partial charge in [0.25, 0.3) is 5.91 Å². The summed E-state index contributed by atoms with van der Waals surface area (Å²) < 4.78 is 6.49. The van der Waals surface area contributed by atoms with Crippen LogP contribution in [-0.2, 0) is 11.3 Å². The Morgan fingerprint density at radius 2 is 2.03 bits per heavy atom. The van der Waals surface area contributed by atoms with E-state index in [-0.39, 0.29) is 30.1 Å². The van der Waals surface area contributed by atoms with Gasteiger partial charge in [-0.15, -0.1) is 0 Å². The normalized spacial score (nSPS) is 10.3. The second kappa shape index (κ2) is 9.28. The Hall–Kier alpha value is -4.28. The molecule has 0 bridgehead atoms. The van der Waals surface area contributed by atoms with E-state index < -0.39 is 16.7 Å². The molecule has 2 amide bonds. The lowest BCUT2D eigenvalue weighted by atomic mass is 10.1. The highest BCUT2D eigenvalue weighted by molar-refractivity contribution is 5.97. The maximum Gasteiger partial charge on any atom is 0.311 e. The van der Waals surface area contributed by atoms with E-state index in [4.69, 9.17) is 4.74 Å². The van der Waals surface area contributed by atoms with Gasteiger partial charge in [-0.3, -0.25) is 19.7 Å². The van der Waals surface area contributed by atoms with Crippen LogP contribution in [0, 0.1) is 10.1 Å². The molecule has 0 radical (unpaired) electrons. The first-order valence-corrected chi connectivity index (χ1v) is 8.80. The number of aromatic nitrogens is 3. The van der Waals surface area contributed by atoms with Gasteiger partial charge in [0.15, 0.2) is 11.6 Å². The highest BCUT2D eigenvalue weighted by Gasteiger charge is 2.18. The monoisotopic (exact) mass is 410 g/mol. The molecule has 0 aliphatic rings. The lowest BCUT2D eigenvalue weighted by molar-refractivity contribution is -0.385. The molecule has 0 unspecified atom stereocenters. The number of carbonyl (C=O) groups is 2. The number of hydrogen-bond donors (Lipinski definition) is 2. The predicted octanol–water partition coefficient (Wildman–Crippen LogP) is 1.23. The lowest BCUT2D eigenvalue weighted by Crippen LogP contribution is -2.36. The maximum absolute atomic E-state index is 12.2. The molecular formula is C19H18N6O5. The summed E-state index contributed by atoms with van der Waals surface area (Å²) in [4.78, 5) is 38.9. The van der Waals surface area contributed by atoms with Crippen molar-refractivity contribution in [1.29, 1.82) is 0 Å². The van der Waals surface area contributed by atoms with Gasteiger partial charge in [0.1, 0.15) is 0 Å². The van der Waals surface area contributed by atoms with E-state index in [0.717, 1.165) is 11.6 Å². The van der Waals surface area contributed by atoms with Gasteiger partial charge >= 0.3 is 5.69 Å². The Bertz CT molecular complexity index is 1070. The third-order valence-corrected chi connectivity index (χ3v) is 4.09. The molecule has 3 aromatic rings. The van der Waals surface area contributed by atoms with Gasteiger partial charge in [-0.2, -0.15) is 5.10 Å². The highest BCUT2D eigenvalue weighted by Crippen LogP contribution is 2.27. The molecule has 0 aliphatic carbocycles. The molecule has 1 aromatic carbocycles. The third-order valence-electron chi connectivity index (χ3n) is 4.09. The Labute approximate surface area is 170 Å². The number of nitrogens with one attached hydrogen (secondary N) is 2. The number of nitrogens with zero attached hydrogens (tertiary/aromatic N) is 4. The van der Waals surface area contributed by atoms with E-state index in [1.807, 2.05) is 0 Å². The van der Waals surface area contributed by atoms with Crippen LogP contribution in [0.1, 0.15) is 15.9 Å². The zero-order valence-corrected chi connectivity index (χ0v) is 15.9. The highest BCUT2D eigenvalue weighted by atomic mass is 16.6. The molecule has 11 heteroatoms. The molecule has 0 atom stereocenters. The molecule has 0 aliphatic heterocycles. The standard InChI is InChI=1S/C19H18N6O5/c1-30-16-4-3-14(10-15(16)25(28)29)19(27)22-12-18(26)21-11-13-5-7-20-17(9-13)24-8-2-6-23-24/h2-10H,11-12H2,1H3,(H,21,26)(H,22,27). The van der Waals surface area contributed by atoms with Gasteiger partial charge in [-0.25, -0.2) is 9.67 Å². The van der Waals surface area contributed by atoms with Crippen molar-refractivity contribution in [2.24, 2.45) is 0 Å². The molecule has 11 nitrogen and oxygen atoms in total. The average Bonchev–Trinajstić information content (AvgIpc) is 3.30. The van der Waals surface area contributed by atoms with E-state index in [0.29, 0.717) is 5.82 Å². The first-order valence-electron chi connectivity index (χ1n) is 8.80. The summed E-state index contributed by atoms with van der Waals surface area (Å²) in [5.74, 6) is -0.369. The Kier molecular flexibility index (Phi) is 6.33. The Morgan fingerprint density at radius 3 is 2.73 bits per heavy atom. The van der Waals surface area contributed by atoms with Crippen LogP contribution in [0.15, 0.2) is 55.0 Å². The largest absolute Gasteiger partial charge is 0.490 e. The fraction of sp³-hybridized carbons (Fsp3) is 0.158. The van der Waals surface area contributed by atoms with Crippen LogP contribution in [0.3, 0.4) is 0 Å². The van der Waals surface area contributed by atoms with Crippen LogP contribution in [-0.4, -0.2) is 45.2 Å². The first-order chi connectivity index (χ1) is 14.5. The fourth-order valence-electron chi connectivity index (χ4n) is 2.60. The topological polar surface area (TPSA) is 141 Å². The third kappa shape index (κ3) is 4.95. The molecule has 0 spiro atoms. The Morgan fingerprint density at radius 1 is 1.20 bits per heavy atom. The van der Waals surface area contributed by atoms with Crippen molar-refractivity contribution in [2.75, 3.05) is 13.7 Å². The lowest BCUT2D eigenvalue weighted by Gasteiger charge is -2.09. The smallest absolute Gasteiger partial charge is 0.311 e. The first kappa shape index (κ1) is 20.5. The van der Waals surface area contributed by atoms with E-state index in [1.54, 1.807) is 41.5 Å². The van der Waals surface area contributed by atoms with Gasteiger partial charge in [0.05, 0.1) is 18.6 Å². The van der Waals surface area contributed by atoms with E-state index in [2.05, 4.69) is 20.7 Å². The van der Waals surface area contributed by atoms with Crippen LogP contribution < -0.4 is 15.4 Å². The summed E-state index contributed by atoms with van der Waals surface area (Å²) in [6.07, 6.45) is 5.00. The molecular weight excluding hydrogens is 392 g/mol. The quantitative estimate of drug-likeness (QED) is 0.420. The molecule has 2 N–H and O–H groups in total. The molecule has 2 heterocycles. The SMILES string of the molecule is COc1ccc(C(=O)NCC(=O)NCc2ccnc(-n3cccn3)c2)cc1[N+](=O)[O-]. The van der Waals surface area contributed by atoms with Crippen LogP contribution in [0.2, 0.25) is 0 Å². The second-order valence-electron chi connectivity index (χ2n) is 6.08. The zero-order chi connectivity index (χ0) is 21.5. The van der Waals surface area contributed by atoms with Crippen LogP contribution in [0.4, 0.5) is 5.69 Å². The number of methoxy groups -OCH3 is 1. The minimum absolute atomic E-state index is 0.0427. The summed E-state index contributed by atoms with van der Waals surface area (Å²) in [5.41, 5.74) is 0.523. The summed E-state index contributed by atoms with van der Waals surface area (Å²) in [6.45, 7) is -0.0464. The number of hydrogen-bond acceptors (Lipinski definition) is 7. The number of carbonyl (C=O) groups excluding carboxylic acids is 2. The Balaban J connectivity index is 1.54. The molecule has 0 fully saturated rings. The van der Waals surface area contributed by atoms with Gasteiger partial charge in [-0.1, -0.05) is 0 Å². The van der Waals surface area contributed by atoms with Crippen molar-refractivity contribution in [2.45, 2.75) is 6.54 Å². The average molecular weight is 410 g/mol. The van der Waals surface area contributed by atoms with Crippen LogP contribution >= 0.6 is 0 Å². The van der Waals surface area contributed by atoms with Crippen molar-refractivity contribution in [1.82, 2.24) is 25.4 Å². The van der Waals surface area contributed by atoms with E-state index in [9.17, 15) is 19.7 Å². The van der Waals surface area contributed by atoms with Gasteiger partial charge in [-0.05, 0) is 35.9 Å². The predicted molar refractivity (Wildman–Crippen MR) is 105 cm³/mol. The minimum Gasteiger partial charge on any atom is -0.490 e.